The molecular weight excluding hydrogens is 394 g/mol. The van der Waals surface area contributed by atoms with Gasteiger partial charge in [0.15, 0.2) is 0 Å². The highest BCUT2D eigenvalue weighted by Gasteiger charge is 2.26. The van der Waals surface area contributed by atoms with Gasteiger partial charge in [-0.3, -0.25) is 14.4 Å². The predicted octanol–water partition coefficient (Wildman–Crippen LogP) is 2.42. The van der Waals surface area contributed by atoms with E-state index in [0.29, 0.717) is 56.0 Å². The molecule has 0 unspecified atom stereocenters. The number of amides is 3. The van der Waals surface area contributed by atoms with Crippen molar-refractivity contribution < 1.29 is 19.1 Å². The van der Waals surface area contributed by atoms with E-state index >= 15 is 0 Å². The van der Waals surface area contributed by atoms with Crippen LogP contribution in [-0.4, -0.2) is 72.3 Å². The smallest absolute Gasteiger partial charge is 0.253 e. The lowest BCUT2D eigenvalue weighted by Crippen LogP contribution is -2.50. The summed E-state index contributed by atoms with van der Waals surface area (Å²) in [5.41, 5.74) is 2.28. The minimum Gasteiger partial charge on any atom is -0.497 e. The molecule has 0 atom stereocenters. The van der Waals surface area contributed by atoms with Gasteiger partial charge in [0.1, 0.15) is 5.75 Å². The van der Waals surface area contributed by atoms with Crippen LogP contribution in [-0.2, 0) is 11.3 Å². The number of methoxy groups -OCH3 is 1. The van der Waals surface area contributed by atoms with E-state index in [-0.39, 0.29) is 17.7 Å². The summed E-state index contributed by atoms with van der Waals surface area (Å²) in [6, 6.07) is 14.6. The van der Waals surface area contributed by atoms with E-state index in [9.17, 15) is 14.4 Å². The van der Waals surface area contributed by atoms with Crippen molar-refractivity contribution in [2.45, 2.75) is 19.4 Å². The normalized spacial score (nSPS) is 16.5. The first-order chi connectivity index (χ1) is 15.0. The standard InChI is InChI=1S/C24H27N3O4/c1-31-21-10-8-20(9-11-21)24(30)26-15-13-25(14-16-26)23(29)19-6-4-18(5-7-19)17-27-12-2-3-22(27)28/h4-11H,2-3,12-17H2,1H3. The molecule has 3 amide bonds. The van der Waals surface area contributed by atoms with Gasteiger partial charge in [-0.25, -0.2) is 0 Å². The number of ether oxygens (including phenoxy) is 1. The number of likely N-dealkylation sites (tertiary alicyclic amines) is 1. The van der Waals surface area contributed by atoms with Crippen molar-refractivity contribution in [3.63, 3.8) is 0 Å². The van der Waals surface area contributed by atoms with Crippen molar-refractivity contribution in [2.24, 2.45) is 0 Å². The summed E-state index contributed by atoms with van der Waals surface area (Å²) in [7, 11) is 1.59. The van der Waals surface area contributed by atoms with E-state index in [1.807, 2.05) is 29.2 Å². The van der Waals surface area contributed by atoms with Crippen LogP contribution in [0.15, 0.2) is 48.5 Å². The Balaban J connectivity index is 1.31. The number of benzene rings is 2. The van der Waals surface area contributed by atoms with E-state index < -0.39 is 0 Å². The highest BCUT2D eigenvalue weighted by atomic mass is 16.5. The average molecular weight is 421 g/mol. The largest absolute Gasteiger partial charge is 0.497 e. The summed E-state index contributed by atoms with van der Waals surface area (Å²) in [5.74, 6) is 0.850. The minimum absolute atomic E-state index is 0.0275. The van der Waals surface area contributed by atoms with E-state index in [4.69, 9.17) is 4.74 Å². The Morgan fingerprint density at radius 3 is 1.77 bits per heavy atom. The van der Waals surface area contributed by atoms with Crippen molar-refractivity contribution in [2.75, 3.05) is 39.8 Å². The monoisotopic (exact) mass is 421 g/mol. The molecule has 7 heteroatoms. The first-order valence-corrected chi connectivity index (χ1v) is 10.6. The number of hydrogen-bond donors (Lipinski definition) is 0. The van der Waals surface area contributed by atoms with Crippen molar-refractivity contribution in [1.29, 1.82) is 0 Å². The third kappa shape index (κ3) is 4.71. The van der Waals surface area contributed by atoms with Gasteiger partial charge < -0.3 is 19.4 Å². The van der Waals surface area contributed by atoms with Crippen LogP contribution in [0.2, 0.25) is 0 Å². The highest BCUT2D eigenvalue weighted by Crippen LogP contribution is 2.17. The third-order valence-corrected chi connectivity index (χ3v) is 5.94. The zero-order valence-electron chi connectivity index (χ0n) is 17.8. The second-order valence-corrected chi connectivity index (χ2v) is 7.93. The number of carbonyl (C=O) groups excluding carboxylic acids is 3. The molecule has 2 aromatic rings. The lowest BCUT2D eigenvalue weighted by Gasteiger charge is -2.35. The van der Waals surface area contributed by atoms with Gasteiger partial charge in [-0.15, -0.1) is 0 Å². The number of hydrogen-bond acceptors (Lipinski definition) is 4. The molecule has 2 fully saturated rings. The van der Waals surface area contributed by atoms with Crippen molar-refractivity contribution >= 4 is 17.7 Å². The molecule has 31 heavy (non-hydrogen) atoms. The van der Waals surface area contributed by atoms with E-state index in [1.54, 1.807) is 41.2 Å². The van der Waals surface area contributed by atoms with Gasteiger partial charge in [-0.2, -0.15) is 0 Å². The van der Waals surface area contributed by atoms with Gasteiger partial charge in [0.2, 0.25) is 5.91 Å². The Hall–Kier alpha value is -3.35. The van der Waals surface area contributed by atoms with Gasteiger partial charge >= 0.3 is 0 Å². The summed E-state index contributed by atoms with van der Waals surface area (Å²) in [6.45, 7) is 3.42. The summed E-state index contributed by atoms with van der Waals surface area (Å²) in [6.07, 6.45) is 1.55. The molecule has 7 nitrogen and oxygen atoms in total. The minimum atomic E-state index is -0.0319. The second kappa shape index (κ2) is 9.20. The van der Waals surface area contributed by atoms with Crippen LogP contribution in [0.5, 0.6) is 5.75 Å². The van der Waals surface area contributed by atoms with Crippen LogP contribution in [0.25, 0.3) is 0 Å². The summed E-state index contributed by atoms with van der Waals surface area (Å²) in [5, 5.41) is 0. The molecule has 0 bridgehead atoms. The van der Waals surface area contributed by atoms with Crippen LogP contribution < -0.4 is 4.74 Å². The molecule has 4 rings (SSSR count). The molecular formula is C24H27N3O4. The first-order valence-electron chi connectivity index (χ1n) is 10.6. The summed E-state index contributed by atoms with van der Waals surface area (Å²) < 4.78 is 5.14. The van der Waals surface area contributed by atoms with Crippen LogP contribution >= 0.6 is 0 Å². The molecule has 0 saturated carbocycles. The summed E-state index contributed by atoms with van der Waals surface area (Å²) >= 11 is 0. The van der Waals surface area contributed by atoms with Crippen LogP contribution in [0.4, 0.5) is 0 Å². The Bertz CT molecular complexity index is 948. The van der Waals surface area contributed by atoms with Gasteiger partial charge in [-0.1, -0.05) is 12.1 Å². The molecule has 2 aliphatic rings. The third-order valence-electron chi connectivity index (χ3n) is 5.94. The predicted molar refractivity (Wildman–Crippen MR) is 116 cm³/mol. The van der Waals surface area contributed by atoms with Crippen LogP contribution in [0.1, 0.15) is 39.1 Å². The van der Waals surface area contributed by atoms with Gasteiger partial charge in [0.25, 0.3) is 11.8 Å². The van der Waals surface area contributed by atoms with Crippen LogP contribution in [0.3, 0.4) is 0 Å². The molecule has 0 spiro atoms. The molecule has 0 aromatic heterocycles. The Morgan fingerprint density at radius 1 is 0.806 bits per heavy atom. The molecule has 0 radical (unpaired) electrons. The van der Waals surface area contributed by atoms with E-state index in [0.717, 1.165) is 18.5 Å². The quantitative estimate of drug-likeness (QED) is 0.744. The lowest BCUT2D eigenvalue weighted by molar-refractivity contribution is -0.128. The Labute approximate surface area is 182 Å². The van der Waals surface area contributed by atoms with Crippen molar-refractivity contribution in [3.05, 3.63) is 65.2 Å². The number of nitrogens with zero attached hydrogens (tertiary/aromatic N) is 3. The molecule has 2 aliphatic heterocycles. The SMILES string of the molecule is COc1ccc(C(=O)N2CCN(C(=O)c3ccc(CN4CCCC4=O)cc3)CC2)cc1. The lowest BCUT2D eigenvalue weighted by atomic mass is 10.1. The molecule has 0 aliphatic carbocycles. The maximum Gasteiger partial charge on any atom is 0.253 e. The Kier molecular flexibility index (Phi) is 6.21. The van der Waals surface area contributed by atoms with Gasteiger partial charge in [-0.05, 0) is 48.4 Å². The molecule has 2 aromatic carbocycles. The fraction of sp³-hybridized carbons (Fsp3) is 0.375. The molecule has 0 N–H and O–H groups in total. The van der Waals surface area contributed by atoms with Crippen molar-refractivity contribution in [1.82, 2.24) is 14.7 Å². The molecule has 162 valence electrons. The number of rotatable bonds is 5. The fourth-order valence-corrected chi connectivity index (χ4v) is 4.06. The summed E-state index contributed by atoms with van der Waals surface area (Å²) in [4.78, 5) is 42.8. The van der Waals surface area contributed by atoms with E-state index in [1.165, 1.54) is 0 Å². The zero-order valence-corrected chi connectivity index (χ0v) is 17.8. The van der Waals surface area contributed by atoms with Gasteiger partial charge in [0.05, 0.1) is 7.11 Å². The van der Waals surface area contributed by atoms with Crippen molar-refractivity contribution in [3.8, 4) is 5.75 Å². The first kappa shape index (κ1) is 20.9. The van der Waals surface area contributed by atoms with Gasteiger partial charge in [0, 0.05) is 56.8 Å². The topological polar surface area (TPSA) is 70.2 Å². The molecule has 2 heterocycles. The Morgan fingerprint density at radius 2 is 1.32 bits per heavy atom. The second-order valence-electron chi connectivity index (χ2n) is 7.93. The zero-order chi connectivity index (χ0) is 21.8. The van der Waals surface area contributed by atoms with Crippen LogP contribution in [0, 0.1) is 0 Å². The average Bonchev–Trinajstić information content (AvgIpc) is 3.23. The number of piperazine rings is 1. The fourth-order valence-electron chi connectivity index (χ4n) is 4.06. The maximum absolute atomic E-state index is 12.9. The molecule has 2 saturated heterocycles. The van der Waals surface area contributed by atoms with E-state index in [2.05, 4.69) is 0 Å². The number of carbonyl (C=O) groups is 3. The maximum atomic E-state index is 12.9. The highest BCUT2D eigenvalue weighted by molar-refractivity contribution is 5.96.